The third-order valence-electron chi connectivity index (χ3n) is 7.12. The Morgan fingerprint density at radius 3 is 2.38 bits per heavy atom. The number of piperidine rings is 1. The molecule has 1 spiro atoms. The molecule has 0 radical (unpaired) electrons. The van der Waals surface area contributed by atoms with E-state index < -0.39 is 0 Å². The lowest BCUT2D eigenvalue weighted by molar-refractivity contribution is 0.0977. The molecule has 3 aromatic carbocycles. The first-order valence-corrected chi connectivity index (χ1v) is 12.5. The molecule has 2 heterocycles. The maximum absolute atomic E-state index is 13.6. The second-order valence-corrected chi connectivity index (χ2v) is 10.3. The van der Waals surface area contributed by atoms with E-state index in [1.165, 1.54) is 16.7 Å². The number of amides is 1. The van der Waals surface area contributed by atoms with Gasteiger partial charge < -0.3 is 4.90 Å². The van der Waals surface area contributed by atoms with Crippen LogP contribution in [0.3, 0.4) is 0 Å². The first-order valence-electron chi connectivity index (χ1n) is 11.8. The van der Waals surface area contributed by atoms with E-state index in [1.54, 1.807) is 18.2 Å². The van der Waals surface area contributed by atoms with E-state index in [0.29, 0.717) is 22.2 Å². The molecule has 5 rings (SSSR count). The number of carbonyl (C=O) groups excluding carboxylic acids is 1. The number of likely N-dealkylation sites (tertiary alicyclic amines) is 1. The summed E-state index contributed by atoms with van der Waals surface area (Å²) in [6, 6.07) is 21.9. The number of fused-ring (bicyclic) bond motifs is 2. The molecule has 0 unspecified atom stereocenters. The molecule has 0 N–H and O–H groups in total. The van der Waals surface area contributed by atoms with Gasteiger partial charge in [0.1, 0.15) is 0 Å². The van der Waals surface area contributed by atoms with Crippen molar-refractivity contribution < 1.29 is 4.79 Å². The van der Waals surface area contributed by atoms with Gasteiger partial charge in [-0.1, -0.05) is 83.4 Å². The van der Waals surface area contributed by atoms with Gasteiger partial charge in [0.2, 0.25) is 0 Å². The maximum atomic E-state index is 13.6. The van der Waals surface area contributed by atoms with Crippen molar-refractivity contribution in [3.05, 3.63) is 105 Å². The highest BCUT2D eigenvalue weighted by Crippen LogP contribution is 2.48. The molecular formula is C29H28Cl2N2O. The van der Waals surface area contributed by atoms with E-state index in [1.807, 2.05) is 11.0 Å². The minimum atomic E-state index is -0.0420. The number of aryl methyl sites for hydroxylation is 1. The first kappa shape index (κ1) is 23.2. The largest absolute Gasteiger partial charge is 0.307 e. The Morgan fingerprint density at radius 1 is 0.971 bits per heavy atom. The van der Waals surface area contributed by atoms with Crippen LogP contribution in [0.2, 0.25) is 10.0 Å². The van der Waals surface area contributed by atoms with Crippen LogP contribution >= 0.6 is 23.2 Å². The quantitative estimate of drug-likeness (QED) is 0.392. The molecule has 1 amide bonds. The van der Waals surface area contributed by atoms with Crippen LogP contribution in [0.4, 0.5) is 5.69 Å². The standard InChI is InChI=1S/C29H28Cl2N2O/c1-21-9-10-27-26(16-21)29(20-33(27)28(34)23-17-24(30)19-25(31)18-23)11-14-32(15-12-29)13-5-8-22-6-3-2-4-7-22/h2-10,16-19H,11-15,20H2,1H3. The average Bonchev–Trinajstić information content (AvgIpc) is 3.13. The van der Waals surface area contributed by atoms with Crippen molar-refractivity contribution in [2.45, 2.75) is 25.2 Å². The van der Waals surface area contributed by atoms with Gasteiger partial charge in [-0.05, 0) is 68.2 Å². The van der Waals surface area contributed by atoms with Gasteiger partial charge in [-0.2, -0.15) is 0 Å². The normalized spacial score (nSPS) is 17.4. The van der Waals surface area contributed by atoms with Gasteiger partial charge in [0.05, 0.1) is 0 Å². The molecule has 1 saturated heterocycles. The summed E-state index contributed by atoms with van der Waals surface area (Å²) < 4.78 is 0. The van der Waals surface area contributed by atoms with Crippen molar-refractivity contribution in [3.8, 4) is 0 Å². The second kappa shape index (κ2) is 9.58. The minimum absolute atomic E-state index is 0.0149. The Balaban J connectivity index is 1.34. The van der Waals surface area contributed by atoms with Crippen LogP contribution in [0, 0.1) is 6.92 Å². The van der Waals surface area contributed by atoms with Crippen molar-refractivity contribution in [2.24, 2.45) is 0 Å². The molecule has 34 heavy (non-hydrogen) atoms. The fourth-order valence-corrected chi connectivity index (χ4v) is 5.82. The van der Waals surface area contributed by atoms with Crippen LogP contribution in [0.5, 0.6) is 0 Å². The smallest absolute Gasteiger partial charge is 0.258 e. The number of benzene rings is 3. The van der Waals surface area contributed by atoms with E-state index in [0.717, 1.165) is 38.2 Å². The number of carbonyl (C=O) groups is 1. The number of hydrogen-bond acceptors (Lipinski definition) is 2. The van der Waals surface area contributed by atoms with E-state index in [9.17, 15) is 4.79 Å². The summed E-state index contributed by atoms with van der Waals surface area (Å²) in [5, 5.41) is 0.955. The van der Waals surface area contributed by atoms with Crippen molar-refractivity contribution in [1.29, 1.82) is 0 Å². The third-order valence-corrected chi connectivity index (χ3v) is 7.55. The van der Waals surface area contributed by atoms with Crippen molar-refractivity contribution in [2.75, 3.05) is 31.1 Å². The summed E-state index contributed by atoms with van der Waals surface area (Å²) >= 11 is 12.4. The third kappa shape index (κ3) is 4.65. The van der Waals surface area contributed by atoms with Gasteiger partial charge in [0.25, 0.3) is 5.91 Å². The monoisotopic (exact) mass is 490 g/mol. The number of hydrogen-bond donors (Lipinski definition) is 0. The summed E-state index contributed by atoms with van der Waals surface area (Å²) in [5.41, 5.74) is 5.29. The lowest BCUT2D eigenvalue weighted by Gasteiger charge is -2.39. The van der Waals surface area contributed by atoms with Crippen molar-refractivity contribution in [3.63, 3.8) is 0 Å². The molecule has 5 heteroatoms. The molecule has 0 aromatic heterocycles. The van der Waals surface area contributed by atoms with E-state index >= 15 is 0 Å². The van der Waals surface area contributed by atoms with Crippen molar-refractivity contribution in [1.82, 2.24) is 4.90 Å². The van der Waals surface area contributed by atoms with Gasteiger partial charge in [-0.25, -0.2) is 0 Å². The predicted molar refractivity (Wildman–Crippen MR) is 142 cm³/mol. The molecule has 1 fully saturated rings. The van der Waals surface area contributed by atoms with Gasteiger partial charge in [0, 0.05) is 39.8 Å². The topological polar surface area (TPSA) is 23.6 Å². The zero-order valence-electron chi connectivity index (χ0n) is 19.3. The zero-order valence-corrected chi connectivity index (χ0v) is 20.8. The van der Waals surface area contributed by atoms with Gasteiger partial charge >= 0.3 is 0 Å². The maximum Gasteiger partial charge on any atom is 0.258 e. The molecule has 3 aromatic rings. The molecule has 0 bridgehead atoms. The Labute approximate surface area is 211 Å². The van der Waals surface area contributed by atoms with Crippen LogP contribution in [0.15, 0.2) is 72.8 Å². The SMILES string of the molecule is Cc1ccc2c(c1)C1(CCN(CC=Cc3ccccc3)CC1)CN2C(=O)c1cc(Cl)cc(Cl)c1. The highest BCUT2D eigenvalue weighted by Gasteiger charge is 2.46. The highest BCUT2D eigenvalue weighted by molar-refractivity contribution is 6.35. The van der Waals surface area contributed by atoms with Crippen LogP contribution in [0.25, 0.3) is 6.08 Å². The summed E-state index contributed by atoms with van der Waals surface area (Å²) in [7, 11) is 0. The molecule has 0 saturated carbocycles. The molecule has 2 aliphatic rings. The molecule has 0 atom stereocenters. The van der Waals surface area contributed by atoms with E-state index in [2.05, 4.69) is 66.4 Å². The zero-order chi connectivity index (χ0) is 23.7. The van der Waals surface area contributed by atoms with E-state index in [4.69, 9.17) is 23.2 Å². The second-order valence-electron chi connectivity index (χ2n) is 9.46. The van der Waals surface area contributed by atoms with Gasteiger partial charge in [0.15, 0.2) is 0 Å². The summed E-state index contributed by atoms with van der Waals surface area (Å²) in [6.45, 7) is 5.78. The Morgan fingerprint density at radius 2 is 1.68 bits per heavy atom. The number of halogens is 2. The first-order chi connectivity index (χ1) is 16.4. The molecule has 174 valence electrons. The average molecular weight is 491 g/mol. The Bertz CT molecular complexity index is 1210. The van der Waals surface area contributed by atoms with Crippen LogP contribution in [-0.2, 0) is 5.41 Å². The lowest BCUT2D eigenvalue weighted by atomic mass is 9.74. The van der Waals surface area contributed by atoms with Crippen LogP contribution < -0.4 is 4.90 Å². The Hall–Kier alpha value is -2.59. The number of rotatable bonds is 4. The predicted octanol–water partition coefficient (Wildman–Crippen LogP) is 7.01. The number of nitrogens with zero attached hydrogens (tertiary/aromatic N) is 2. The summed E-state index contributed by atoms with van der Waals surface area (Å²) in [6.07, 6.45) is 6.50. The fourth-order valence-electron chi connectivity index (χ4n) is 5.29. The molecule has 2 aliphatic heterocycles. The minimum Gasteiger partial charge on any atom is -0.307 e. The molecule has 0 aliphatic carbocycles. The summed E-state index contributed by atoms with van der Waals surface area (Å²) in [4.78, 5) is 18.0. The highest BCUT2D eigenvalue weighted by atomic mass is 35.5. The molecular weight excluding hydrogens is 463 g/mol. The lowest BCUT2D eigenvalue weighted by Crippen LogP contribution is -2.46. The van der Waals surface area contributed by atoms with Crippen LogP contribution in [-0.4, -0.2) is 37.0 Å². The summed E-state index contributed by atoms with van der Waals surface area (Å²) in [5.74, 6) is -0.0420. The molecule has 3 nitrogen and oxygen atoms in total. The van der Waals surface area contributed by atoms with Crippen molar-refractivity contribution >= 4 is 40.9 Å². The van der Waals surface area contributed by atoms with E-state index in [-0.39, 0.29) is 11.3 Å². The number of anilines is 1. The van der Waals surface area contributed by atoms with Gasteiger partial charge in [-0.15, -0.1) is 0 Å². The van der Waals surface area contributed by atoms with Crippen LogP contribution in [0.1, 0.15) is 39.9 Å². The Kier molecular flexibility index (Phi) is 6.52. The van der Waals surface area contributed by atoms with Gasteiger partial charge in [-0.3, -0.25) is 9.69 Å². The fraction of sp³-hybridized carbons (Fsp3) is 0.276.